The lowest BCUT2D eigenvalue weighted by Gasteiger charge is -2.11. The van der Waals surface area contributed by atoms with Crippen LogP contribution in [0.3, 0.4) is 0 Å². The third-order valence-corrected chi connectivity index (χ3v) is 4.83. The average molecular weight is 375 g/mol. The maximum atomic E-state index is 12.4. The Labute approximate surface area is 155 Å². The van der Waals surface area contributed by atoms with E-state index >= 15 is 0 Å². The Morgan fingerprint density at radius 2 is 2.35 bits per heavy atom. The van der Waals surface area contributed by atoms with Crippen molar-refractivity contribution in [2.24, 2.45) is 4.99 Å². The van der Waals surface area contributed by atoms with Crippen LogP contribution in [0, 0.1) is 0 Å². The summed E-state index contributed by atoms with van der Waals surface area (Å²) in [5.74, 6) is 0.0904. The topological polar surface area (TPSA) is 81.9 Å². The molecule has 0 aliphatic carbocycles. The van der Waals surface area contributed by atoms with Crippen LogP contribution < -0.4 is 14.9 Å². The normalized spacial score (nSPS) is 17.3. The van der Waals surface area contributed by atoms with Crippen molar-refractivity contribution >= 4 is 23.2 Å². The number of carbonyl (C=O) groups is 2. The highest BCUT2D eigenvalue weighted by Crippen LogP contribution is 2.13. The lowest BCUT2D eigenvalue weighted by atomic mass is 10.2. The summed E-state index contributed by atoms with van der Waals surface area (Å²) >= 11 is 1.31. The molecule has 3 rings (SSSR count). The fraction of sp³-hybridized carbons (Fsp3) is 0.389. The van der Waals surface area contributed by atoms with Crippen molar-refractivity contribution in [3.63, 3.8) is 0 Å². The van der Waals surface area contributed by atoms with Crippen LogP contribution in [0.5, 0.6) is 5.75 Å². The van der Waals surface area contributed by atoms with Crippen LogP contribution >= 0.6 is 11.3 Å². The van der Waals surface area contributed by atoms with Crippen molar-refractivity contribution in [2.75, 3.05) is 20.3 Å². The molecule has 1 aliphatic heterocycles. The van der Waals surface area contributed by atoms with Gasteiger partial charge in [0.05, 0.1) is 13.2 Å². The summed E-state index contributed by atoms with van der Waals surface area (Å²) < 4.78 is 12.3. The zero-order chi connectivity index (χ0) is 18.4. The smallest absolute Gasteiger partial charge is 0.279 e. The van der Waals surface area contributed by atoms with Gasteiger partial charge in [-0.25, -0.2) is 0 Å². The molecule has 0 spiro atoms. The second-order valence-electron chi connectivity index (χ2n) is 5.90. The van der Waals surface area contributed by atoms with Crippen LogP contribution in [0.25, 0.3) is 0 Å². The predicted molar refractivity (Wildman–Crippen MR) is 97.2 cm³/mol. The molecule has 1 atom stereocenters. The molecule has 2 aromatic rings. The van der Waals surface area contributed by atoms with Crippen LogP contribution in [0.1, 0.15) is 23.2 Å². The molecule has 1 aromatic carbocycles. The first-order valence-corrected chi connectivity index (χ1v) is 9.29. The minimum atomic E-state index is -0.375. The first-order chi connectivity index (χ1) is 12.7. The van der Waals surface area contributed by atoms with Gasteiger partial charge in [-0.2, -0.15) is 4.99 Å². The molecule has 1 saturated heterocycles. The number of hydrogen-bond donors (Lipinski definition) is 1. The summed E-state index contributed by atoms with van der Waals surface area (Å²) in [6.07, 6.45) is 3.86. The van der Waals surface area contributed by atoms with Gasteiger partial charge in [0.2, 0.25) is 5.91 Å². The van der Waals surface area contributed by atoms with Crippen molar-refractivity contribution in [2.45, 2.75) is 25.5 Å². The minimum absolute atomic E-state index is 0.102. The molecule has 7 nitrogen and oxygen atoms in total. The predicted octanol–water partition coefficient (Wildman–Crippen LogP) is 1.59. The number of thiazole rings is 1. The Morgan fingerprint density at radius 3 is 3.12 bits per heavy atom. The van der Waals surface area contributed by atoms with Crippen LogP contribution in [0.15, 0.2) is 40.8 Å². The molecule has 1 fully saturated rings. The maximum absolute atomic E-state index is 12.4. The zero-order valence-corrected chi connectivity index (χ0v) is 15.3. The molecule has 0 bridgehead atoms. The summed E-state index contributed by atoms with van der Waals surface area (Å²) in [5.41, 5.74) is 0.437. The summed E-state index contributed by atoms with van der Waals surface area (Å²) in [6.45, 7) is 1.38. The molecule has 8 heteroatoms. The van der Waals surface area contributed by atoms with Crippen LogP contribution in [0.2, 0.25) is 0 Å². The lowest BCUT2D eigenvalue weighted by Crippen LogP contribution is -2.35. The summed E-state index contributed by atoms with van der Waals surface area (Å²) in [6, 6.07) is 6.82. The average Bonchev–Trinajstić information content (AvgIpc) is 3.32. The zero-order valence-electron chi connectivity index (χ0n) is 14.5. The Balaban J connectivity index is 1.65. The third kappa shape index (κ3) is 4.80. The largest absolute Gasteiger partial charge is 0.497 e. The highest BCUT2D eigenvalue weighted by Gasteiger charge is 2.16. The third-order valence-electron chi connectivity index (χ3n) is 4.04. The van der Waals surface area contributed by atoms with Crippen molar-refractivity contribution in [3.05, 3.63) is 46.2 Å². The number of rotatable bonds is 6. The number of carbonyl (C=O) groups excluding carboxylic acids is 2. The number of nitrogens with one attached hydrogen (secondary N) is 1. The van der Waals surface area contributed by atoms with E-state index in [9.17, 15) is 9.59 Å². The fourth-order valence-corrected chi connectivity index (χ4v) is 3.38. The van der Waals surface area contributed by atoms with Gasteiger partial charge in [-0.15, -0.1) is 11.3 Å². The summed E-state index contributed by atoms with van der Waals surface area (Å²) in [7, 11) is 1.54. The number of amides is 2. The van der Waals surface area contributed by atoms with E-state index < -0.39 is 0 Å². The van der Waals surface area contributed by atoms with E-state index in [0.717, 1.165) is 19.4 Å². The SMILES string of the molecule is COc1cccc(C(=O)N=c2sccn2CC(=O)NC[C@@H]2CCCO2)c1. The molecular weight excluding hydrogens is 354 g/mol. The molecular formula is C18H21N3O4S. The number of aromatic nitrogens is 1. The fourth-order valence-electron chi connectivity index (χ4n) is 2.66. The molecule has 26 heavy (non-hydrogen) atoms. The molecule has 0 unspecified atom stereocenters. The summed E-state index contributed by atoms with van der Waals surface area (Å²) in [4.78, 5) is 29.1. The van der Waals surface area contributed by atoms with E-state index in [1.54, 1.807) is 47.5 Å². The van der Waals surface area contributed by atoms with E-state index in [1.165, 1.54) is 11.3 Å². The van der Waals surface area contributed by atoms with E-state index in [0.29, 0.717) is 22.7 Å². The second kappa shape index (κ2) is 8.77. The van der Waals surface area contributed by atoms with E-state index in [4.69, 9.17) is 9.47 Å². The van der Waals surface area contributed by atoms with Gasteiger partial charge in [0.15, 0.2) is 4.80 Å². The van der Waals surface area contributed by atoms with Crippen molar-refractivity contribution < 1.29 is 19.1 Å². The van der Waals surface area contributed by atoms with Gasteiger partial charge in [-0.05, 0) is 31.0 Å². The van der Waals surface area contributed by atoms with Gasteiger partial charge in [0, 0.05) is 30.3 Å². The number of benzene rings is 1. The Kier molecular flexibility index (Phi) is 6.19. The Morgan fingerprint density at radius 1 is 1.46 bits per heavy atom. The van der Waals surface area contributed by atoms with Gasteiger partial charge in [0.25, 0.3) is 5.91 Å². The molecule has 1 aromatic heterocycles. The Hall–Kier alpha value is -2.45. The molecule has 0 saturated carbocycles. The second-order valence-corrected chi connectivity index (χ2v) is 6.77. The van der Waals surface area contributed by atoms with Crippen molar-refractivity contribution in [3.8, 4) is 5.75 Å². The van der Waals surface area contributed by atoms with E-state index in [-0.39, 0.29) is 24.5 Å². The van der Waals surface area contributed by atoms with Crippen molar-refractivity contribution in [1.29, 1.82) is 0 Å². The molecule has 2 amide bonds. The standard InChI is InChI=1S/C18H21N3O4S/c1-24-14-5-2-4-13(10-14)17(23)20-18-21(7-9-26-18)12-16(22)19-11-15-6-3-8-25-15/h2,4-5,7,9-10,15H,3,6,8,11-12H2,1H3,(H,19,22)/t15-/m0/s1. The minimum Gasteiger partial charge on any atom is -0.497 e. The first kappa shape index (κ1) is 18.3. The maximum Gasteiger partial charge on any atom is 0.279 e. The molecule has 1 N–H and O–H groups in total. The van der Waals surface area contributed by atoms with Crippen LogP contribution in [-0.2, 0) is 16.1 Å². The monoisotopic (exact) mass is 375 g/mol. The van der Waals surface area contributed by atoms with Gasteiger partial charge >= 0.3 is 0 Å². The first-order valence-electron chi connectivity index (χ1n) is 8.41. The number of methoxy groups -OCH3 is 1. The number of ether oxygens (including phenoxy) is 2. The summed E-state index contributed by atoms with van der Waals surface area (Å²) in [5, 5.41) is 4.66. The van der Waals surface area contributed by atoms with Gasteiger partial charge in [-0.1, -0.05) is 6.07 Å². The van der Waals surface area contributed by atoms with E-state index in [2.05, 4.69) is 10.3 Å². The molecule has 138 valence electrons. The molecule has 0 radical (unpaired) electrons. The number of hydrogen-bond acceptors (Lipinski definition) is 5. The Bertz CT molecular complexity index is 837. The quantitative estimate of drug-likeness (QED) is 0.831. The highest BCUT2D eigenvalue weighted by atomic mass is 32.1. The van der Waals surface area contributed by atoms with Gasteiger partial charge in [-0.3, -0.25) is 9.59 Å². The van der Waals surface area contributed by atoms with Gasteiger partial charge in [0.1, 0.15) is 12.3 Å². The lowest BCUT2D eigenvalue weighted by molar-refractivity contribution is -0.122. The van der Waals surface area contributed by atoms with Crippen molar-refractivity contribution in [1.82, 2.24) is 9.88 Å². The van der Waals surface area contributed by atoms with E-state index in [1.807, 2.05) is 0 Å². The number of nitrogens with zero attached hydrogens (tertiary/aromatic N) is 2. The van der Waals surface area contributed by atoms with Gasteiger partial charge < -0.3 is 19.4 Å². The molecule has 1 aliphatic rings. The highest BCUT2D eigenvalue weighted by molar-refractivity contribution is 7.07. The molecule has 2 heterocycles. The van der Waals surface area contributed by atoms with Crippen LogP contribution in [-0.4, -0.2) is 42.7 Å². The van der Waals surface area contributed by atoms with Crippen LogP contribution in [0.4, 0.5) is 0 Å².